The molecular formula is C10H15NO2. The number of phenolic OH excluding ortho intramolecular Hbond substituents is 1. The van der Waals surface area contributed by atoms with Gasteiger partial charge in [0, 0.05) is 12.1 Å². The van der Waals surface area contributed by atoms with Crippen LogP contribution in [0.25, 0.3) is 0 Å². The van der Waals surface area contributed by atoms with Crippen molar-refractivity contribution in [1.82, 2.24) is 4.90 Å². The van der Waals surface area contributed by atoms with E-state index in [0.717, 1.165) is 17.9 Å². The third-order valence-electron chi connectivity index (χ3n) is 1.75. The molecule has 1 aromatic rings. The van der Waals surface area contributed by atoms with Crippen molar-refractivity contribution in [2.45, 2.75) is 6.54 Å². The SMILES string of the molecule is COc1ccc(O)cc1CN(C)C. The Labute approximate surface area is 78.6 Å². The lowest BCUT2D eigenvalue weighted by Gasteiger charge is -2.13. The summed E-state index contributed by atoms with van der Waals surface area (Å²) in [6.45, 7) is 0.761. The van der Waals surface area contributed by atoms with E-state index in [0.29, 0.717) is 0 Å². The third kappa shape index (κ3) is 2.63. The highest BCUT2D eigenvalue weighted by Gasteiger charge is 2.04. The van der Waals surface area contributed by atoms with Crippen molar-refractivity contribution in [1.29, 1.82) is 0 Å². The molecule has 0 amide bonds. The number of rotatable bonds is 3. The monoisotopic (exact) mass is 181 g/mol. The predicted octanol–water partition coefficient (Wildman–Crippen LogP) is 1.46. The van der Waals surface area contributed by atoms with Crippen LogP contribution >= 0.6 is 0 Å². The fourth-order valence-electron chi connectivity index (χ4n) is 1.23. The topological polar surface area (TPSA) is 32.7 Å². The zero-order valence-corrected chi connectivity index (χ0v) is 8.24. The first-order valence-electron chi connectivity index (χ1n) is 4.14. The van der Waals surface area contributed by atoms with E-state index in [1.165, 1.54) is 0 Å². The summed E-state index contributed by atoms with van der Waals surface area (Å²) in [4.78, 5) is 2.03. The van der Waals surface area contributed by atoms with Crippen LogP contribution in [-0.2, 0) is 6.54 Å². The fourth-order valence-corrected chi connectivity index (χ4v) is 1.23. The molecule has 0 heterocycles. The Morgan fingerprint density at radius 1 is 1.38 bits per heavy atom. The number of ether oxygens (including phenoxy) is 1. The molecule has 0 bridgehead atoms. The highest BCUT2D eigenvalue weighted by Crippen LogP contribution is 2.23. The minimum absolute atomic E-state index is 0.276. The average molecular weight is 181 g/mol. The molecule has 0 unspecified atom stereocenters. The molecule has 0 radical (unpaired) electrons. The maximum Gasteiger partial charge on any atom is 0.123 e. The van der Waals surface area contributed by atoms with Gasteiger partial charge in [0.15, 0.2) is 0 Å². The summed E-state index contributed by atoms with van der Waals surface area (Å²) in [5, 5.41) is 9.27. The van der Waals surface area contributed by atoms with Crippen LogP contribution in [0.4, 0.5) is 0 Å². The van der Waals surface area contributed by atoms with Gasteiger partial charge in [-0.3, -0.25) is 0 Å². The summed E-state index contributed by atoms with van der Waals surface area (Å²) in [5.74, 6) is 1.09. The minimum atomic E-state index is 0.276. The average Bonchev–Trinajstić information content (AvgIpc) is 2.03. The highest BCUT2D eigenvalue weighted by atomic mass is 16.5. The Hall–Kier alpha value is -1.22. The van der Waals surface area contributed by atoms with E-state index in [4.69, 9.17) is 4.74 Å². The number of nitrogens with zero attached hydrogens (tertiary/aromatic N) is 1. The van der Waals surface area contributed by atoms with Crippen molar-refractivity contribution < 1.29 is 9.84 Å². The molecule has 0 atom stereocenters. The number of methoxy groups -OCH3 is 1. The summed E-state index contributed by atoms with van der Waals surface area (Å²) in [5.41, 5.74) is 0.993. The van der Waals surface area contributed by atoms with Gasteiger partial charge in [0.25, 0.3) is 0 Å². The lowest BCUT2D eigenvalue weighted by molar-refractivity contribution is 0.369. The van der Waals surface area contributed by atoms with Crippen LogP contribution in [0.5, 0.6) is 11.5 Å². The van der Waals surface area contributed by atoms with Gasteiger partial charge in [-0.25, -0.2) is 0 Å². The third-order valence-corrected chi connectivity index (χ3v) is 1.75. The fraction of sp³-hybridized carbons (Fsp3) is 0.400. The van der Waals surface area contributed by atoms with Crippen LogP contribution in [0.2, 0.25) is 0 Å². The van der Waals surface area contributed by atoms with E-state index < -0.39 is 0 Å². The molecule has 0 aliphatic rings. The number of phenols is 1. The predicted molar refractivity (Wildman–Crippen MR) is 52.0 cm³/mol. The summed E-state index contributed by atoms with van der Waals surface area (Å²) < 4.78 is 5.16. The zero-order chi connectivity index (χ0) is 9.84. The molecule has 3 heteroatoms. The van der Waals surface area contributed by atoms with Gasteiger partial charge < -0.3 is 14.7 Å². The summed E-state index contributed by atoms with van der Waals surface area (Å²) >= 11 is 0. The van der Waals surface area contributed by atoms with Crippen molar-refractivity contribution in [2.24, 2.45) is 0 Å². The van der Waals surface area contributed by atoms with Gasteiger partial charge in [0.05, 0.1) is 7.11 Å². The Kier molecular flexibility index (Phi) is 3.14. The van der Waals surface area contributed by atoms with Crippen molar-refractivity contribution >= 4 is 0 Å². The van der Waals surface area contributed by atoms with Gasteiger partial charge in [0.1, 0.15) is 11.5 Å². The van der Waals surface area contributed by atoms with E-state index in [2.05, 4.69) is 0 Å². The van der Waals surface area contributed by atoms with E-state index in [9.17, 15) is 5.11 Å². The van der Waals surface area contributed by atoms with Gasteiger partial charge in [-0.05, 0) is 32.3 Å². The molecule has 0 saturated carbocycles. The van der Waals surface area contributed by atoms with Gasteiger partial charge in [-0.2, -0.15) is 0 Å². The van der Waals surface area contributed by atoms with Crippen LogP contribution in [0.15, 0.2) is 18.2 Å². The molecule has 1 N–H and O–H groups in total. The largest absolute Gasteiger partial charge is 0.508 e. The first-order chi connectivity index (χ1) is 6.13. The quantitative estimate of drug-likeness (QED) is 0.766. The normalized spacial score (nSPS) is 10.5. The maximum absolute atomic E-state index is 9.27. The molecule has 3 nitrogen and oxygen atoms in total. The maximum atomic E-state index is 9.27. The Bertz CT molecular complexity index is 284. The lowest BCUT2D eigenvalue weighted by Crippen LogP contribution is -2.11. The molecule has 1 rings (SSSR count). The lowest BCUT2D eigenvalue weighted by atomic mass is 10.2. The van der Waals surface area contributed by atoms with Crippen molar-refractivity contribution in [2.75, 3.05) is 21.2 Å². The summed E-state index contributed by atoms with van der Waals surface area (Å²) in [6, 6.07) is 5.12. The van der Waals surface area contributed by atoms with Crippen molar-refractivity contribution in [3.8, 4) is 11.5 Å². The molecule has 0 fully saturated rings. The molecule has 0 spiro atoms. The second-order valence-corrected chi connectivity index (χ2v) is 3.23. The highest BCUT2D eigenvalue weighted by molar-refractivity contribution is 5.39. The summed E-state index contributed by atoms with van der Waals surface area (Å²) in [6.07, 6.45) is 0. The van der Waals surface area contributed by atoms with Crippen LogP contribution in [0.1, 0.15) is 5.56 Å². The molecule has 0 aliphatic carbocycles. The molecule has 13 heavy (non-hydrogen) atoms. The molecular weight excluding hydrogens is 166 g/mol. The first-order valence-corrected chi connectivity index (χ1v) is 4.14. The van der Waals surface area contributed by atoms with E-state index in [1.54, 1.807) is 25.3 Å². The second-order valence-electron chi connectivity index (χ2n) is 3.23. The standard InChI is InChI=1S/C10H15NO2/c1-11(2)7-8-6-9(12)4-5-10(8)13-3/h4-6,12H,7H2,1-3H3. The number of hydrogen-bond donors (Lipinski definition) is 1. The molecule has 72 valence electrons. The molecule has 0 aliphatic heterocycles. The summed E-state index contributed by atoms with van der Waals surface area (Å²) in [7, 11) is 5.58. The number of aromatic hydroxyl groups is 1. The van der Waals surface area contributed by atoms with Gasteiger partial charge in [-0.1, -0.05) is 0 Å². The van der Waals surface area contributed by atoms with Crippen LogP contribution in [-0.4, -0.2) is 31.2 Å². The minimum Gasteiger partial charge on any atom is -0.508 e. The molecule has 1 aromatic carbocycles. The van der Waals surface area contributed by atoms with Gasteiger partial charge >= 0.3 is 0 Å². The zero-order valence-electron chi connectivity index (χ0n) is 8.24. The number of hydrogen-bond acceptors (Lipinski definition) is 3. The Balaban J connectivity index is 2.94. The first kappa shape index (κ1) is 9.86. The van der Waals surface area contributed by atoms with Crippen LogP contribution < -0.4 is 4.74 Å². The van der Waals surface area contributed by atoms with Gasteiger partial charge in [0.2, 0.25) is 0 Å². The number of benzene rings is 1. The Morgan fingerprint density at radius 2 is 2.08 bits per heavy atom. The van der Waals surface area contributed by atoms with E-state index >= 15 is 0 Å². The van der Waals surface area contributed by atoms with Crippen LogP contribution in [0, 0.1) is 0 Å². The second kappa shape index (κ2) is 4.14. The smallest absolute Gasteiger partial charge is 0.123 e. The Morgan fingerprint density at radius 3 is 2.62 bits per heavy atom. The molecule has 0 aromatic heterocycles. The van der Waals surface area contributed by atoms with E-state index in [1.807, 2.05) is 19.0 Å². The van der Waals surface area contributed by atoms with Crippen LogP contribution in [0.3, 0.4) is 0 Å². The van der Waals surface area contributed by atoms with Crippen molar-refractivity contribution in [3.63, 3.8) is 0 Å². The van der Waals surface area contributed by atoms with Crippen molar-refractivity contribution in [3.05, 3.63) is 23.8 Å². The molecule has 0 saturated heterocycles. The van der Waals surface area contributed by atoms with Gasteiger partial charge in [-0.15, -0.1) is 0 Å². The van der Waals surface area contributed by atoms with E-state index in [-0.39, 0.29) is 5.75 Å².